The summed E-state index contributed by atoms with van der Waals surface area (Å²) in [4.78, 5) is 0.134. The number of hydrogen-bond donors (Lipinski definition) is 2. The van der Waals surface area contributed by atoms with Crippen molar-refractivity contribution >= 4 is 42.8 Å². The molecule has 2 aromatic carbocycles. The number of sulfone groups is 1. The first kappa shape index (κ1) is 24.4. The first-order valence-corrected chi connectivity index (χ1v) is 14.7. The van der Waals surface area contributed by atoms with Crippen molar-refractivity contribution in [3.63, 3.8) is 0 Å². The third kappa shape index (κ3) is 5.03. The van der Waals surface area contributed by atoms with E-state index in [1.54, 1.807) is 18.2 Å². The summed E-state index contributed by atoms with van der Waals surface area (Å²) in [5.41, 5.74) is 6.99. The highest BCUT2D eigenvalue weighted by atomic mass is 35.5. The van der Waals surface area contributed by atoms with Crippen LogP contribution >= 0.6 is 22.9 Å². The number of halogens is 1. The second-order valence-electron chi connectivity index (χ2n) is 8.28. The average Bonchev–Trinajstić information content (AvgIpc) is 3.33. The fraction of sp³-hybridized carbons (Fsp3) is 0.304. The molecule has 10 heteroatoms. The summed E-state index contributed by atoms with van der Waals surface area (Å²) in [6, 6.07) is 18.1. The van der Waals surface area contributed by atoms with Crippen molar-refractivity contribution in [2.24, 2.45) is 5.73 Å². The zero-order chi connectivity index (χ0) is 23.7. The van der Waals surface area contributed by atoms with Crippen LogP contribution in [0.4, 0.5) is 0 Å². The van der Waals surface area contributed by atoms with Gasteiger partial charge in [-0.05, 0) is 67.6 Å². The average molecular weight is 525 g/mol. The van der Waals surface area contributed by atoms with E-state index in [9.17, 15) is 16.8 Å². The summed E-state index contributed by atoms with van der Waals surface area (Å²) >= 11 is 6.93. The van der Waals surface area contributed by atoms with Crippen LogP contribution in [0.3, 0.4) is 0 Å². The predicted octanol–water partition coefficient (Wildman–Crippen LogP) is 4.35. The lowest BCUT2D eigenvalue weighted by Crippen LogP contribution is -2.45. The number of sulfonamides is 1. The lowest BCUT2D eigenvalue weighted by atomic mass is 9.68. The molecule has 1 saturated carbocycles. The van der Waals surface area contributed by atoms with Gasteiger partial charge in [-0.15, -0.1) is 11.3 Å². The summed E-state index contributed by atoms with van der Waals surface area (Å²) in [5, 5.41) is 0.655. The van der Waals surface area contributed by atoms with Crippen LogP contribution in [-0.2, 0) is 25.3 Å². The molecule has 1 aromatic heterocycles. The van der Waals surface area contributed by atoms with Crippen molar-refractivity contribution in [2.75, 3.05) is 6.54 Å². The molecule has 0 amide bonds. The van der Waals surface area contributed by atoms with Crippen LogP contribution in [0.15, 0.2) is 80.0 Å². The fourth-order valence-corrected chi connectivity index (χ4v) is 9.00. The molecule has 3 aromatic rings. The van der Waals surface area contributed by atoms with E-state index in [0.717, 1.165) is 29.7 Å². The van der Waals surface area contributed by atoms with Gasteiger partial charge in [-0.25, -0.2) is 21.6 Å². The Bertz CT molecular complexity index is 1330. The zero-order valence-electron chi connectivity index (χ0n) is 17.8. The van der Waals surface area contributed by atoms with Gasteiger partial charge >= 0.3 is 0 Å². The molecular formula is C23H25ClN2O4S3. The predicted molar refractivity (Wildman–Crippen MR) is 131 cm³/mol. The SMILES string of the molecule is NCC1(c2cccc(Cl)c2)CCC(NS(=O)(=O)c2ccc(S(=O)(=O)c3ccccc3)s2)CC1. The molecule has 0 spiro atoms. The van der Waals surface area contributed by atoms with E-state index in [0.29, 0.717) is 24.4 Å². The number of hydrogen-bond acceptors (Lipinski definition) is 6. The van der Waals surface area contributed by atoms with E-state index >= 15 is 0 Å². The summed E-state index contributed by atoms with van der Waals surface area (Å²) in [7, 11) is -7.61. The molecule has 0 saturated heterocycles. The van der Waals surface area contributed by atoms with Gasteiger partial charge in [-0.1, -0.05) is 41.9 Å². The zero-order valence-corrected chi connectivity index (χ0v) is 21.0. The molecule has 3 N–H and O–H groups in total. The topological polar surface area (TPSA) is 106 Å². The van der Waals surface area contributed by atoms with Gasteiger partial charge in [0.15, 0.2) is 0 Å². The minimum atomic E-state index is -3.85. The Morgan fingerprint density at radius 1 is 0.939 bits per heavy atom. The molecular weight excluding hydrogens is 500 g/mol. The summed E-state index contributed by atoms with van der Waals surface area (Å²) in [6.07, 6.45) is 2.72. The van der Waals surface area contributed by atoms with Crippen LogP contribution in [0.2, 0.25) is 5.02 Å². The van der Waals surface area contributed by atoms with Gasteiger partial charge in [0.1, 0.15) is 8.42 Å². The maximum absolute atomic E-state index is 13.0. The number of benzene rings is 2. The Morgan fingerprint density at radius 2 is 1.61 bits per heavy atom. The summed E-state index contributed by atoms with van der Waals surface area (Å²) in [5.74, 6) is 0. The number of nitrogens with one attached hydrogen (secondary N) is 1. The number of nitrogens with two attached hydrogens (primary N) is 1. The first-order chi connectivity index (χ1) is 15.7. The van der Waals surface area contributed by atoms with Crippen molar-refractivity contribution in [2.45, 2.75) is 50.5 Å². The Balaban J connectivity index is 1.47. The third-order valence-corrected chi connectivity index (χ3v) is 11.8. The lowest BCUT2D eigenvalue weighted by molar-refractivity contribution is 0.267. The van der Waals surface area contributed by atoms with E-state index in [-0.39, 0.29) is 24.8 Å². The van der Waals surface area contributed by atoms with Gasteiger partial charge in [0, 0.05) is 23.0 Å². The monoisotopic (exact) mass is 524 g/mol. The number of thiophene rings is 1. The van der Waals surface area contributed by atoms with E-state index in [4.69, 9.17) is 17.3 Å². The Morgan fingerprint density at radius 3 is 2.24 bits per heavy atom. The Kier molecular flexibility index (Phi) is 7.00. The van der Waals surface area contributed by atoms with Gasteiger partial charge in [-0.3, -0.25) is 0 Å². The van der Waals surface area contributed by atoms with E-state index in [1.165, 1.54) is 24.3 Å². The molecule has 1 fully saturated rings. The fourth-order valence-electron chi connectivity index (χ4n) is 4.30. The minimum absolute atomic E-state index is 0.000763. The Hall–Kier alpha value is -1.75. The summed E-state index contributed by atoms with van der Waals surface area (Å²) in [6.45, 7) is 0.457. The largest absolute Gasteiger partial charge is 0.330 e. The van der Waals surface area contributed by atoms with Crippen molar-refractivity contribution in [3.8, 4) is 0 Å². The maximum Gasteiger partial charge on any atom is 0.250 e. The molecule has 0 atom stereocenters. The molecule has 1 aliphatic rings. The molecule has 6 nitrogen and oxygen atoms in total. The van der Waals surface area contributed by atoms with E-state index < -0.39 is 19.9 Å². The van der Waals surface area contributed by atoms with Crippen molar-refractivity contribution < 1.29 is 16.8 Å². The van der Waals surface area contributed by atoms with Gasteiger partial charge in [-0.2, -0.15) is 0 Å². The van der Waals surface area contributed by atoms with Gasteiger partial charge < -0.3 is 5.73 Å². The van der Waals surface area contributed by atoms with Crippen LogP contribution in [0.25, 0.3) is 0 Å². The molecule has 0 unspecified atom stereocenters. The quantitative estimate of drug-likeness (QED) is 0.478. The Labute approximate surface area is 203 Å². The van der Waals surface area contributed by atoms with Crippen LogP contribution < -0.4 is 10.5 Å². The summed E-state index contributed by atoms with van der Waals surface area (Å²) < 4.78 is 54.3. The van der Waals surface area contributed by atoms with Gasteiger partial charge in [0.05, 0.1) is 4.90 Å². The van der Waals surface area contributed by atoms with Crippen molar-refractivity contribution in [3.05, 3.63) is 77.3 Å². The molecule has 0 bridgehead atoms. The highest BCUT2D eigenvalue weighted by molar-refractivity contribution is 7.95. The molecule has 4 rings (SSSR count). The molecule has 176 valence electrons. The second-order valence-corrected chi connectivity index (χ2v) is 13.9. The minimum Gasteiger partial charge on any atom is -0.330 e. The highest BCUT2D eigenvalue weighted by Gasteiger charge is 2.37. The van der Waals surface area contributed by atoms with E-state index in [1.807, 2.05) is 24.3 Å². The van der Waals surface area contributed by atoms with Gasteiger partial charge in [0.25, 0.3) is 0 Å². The van der Waals surface area contributed by atoms with Crippen LogP contribution in [0.1, 0.15) is 31.2 Å². The number of rotatable bonds is 7. The van der Waals surface area contributed by atoms with Gasteiger partial charge in [0.2, 0.25) is 19.9 Å². The second kappa shape index (κ2) is 9.48. The van der Waals surface area contributed by atoms with Crippen LogP contribution in [0, 0.1) is 0 Å². The van der Waals surface area contributed by atoms with Crippen molar-refractivity contribution in [1.29, 1.82) is 0 Å². The smallest absolute Gasteiger partial charge is 0.250 e. The molecule has 1 aliphatic carbocycles. The van der Waals surface area contributed by atoms with E-state index in [2.05, 4.69) is 4.72 Å². The van der Waals surface area contributed by atoms with Crippen LogP contribution in [-0.4, -0.2) is 29.4 Å². The highest BCUT2D eigenvalue weighted by Crippen LogP contribution is 2.40. The molecule has 0 aliphatic heterocycles. The maximum atomic E-state index is 13.0. The first-order valence-electron chi connectivity index (χ1n) is 10.5. The normalized spacial score (nSPS) is 21.7. The third-order valence-electron chi connectivity index (χ3n) is 6.23. The molecule has 33 heavy (non-hydrogen) atoms. The standard InChI is InChI=1S/C23H25ClN2O4S3/c24-18-6-4-5-17(15-18)23(16-25)13-11-19(12-14-23)26-33(29,30)22-10-9-21(31-22)32(27,28)20-7-2-1-3-8-20/h1-10,15,19,26H,11-14,16,25H2. The van der Waals surface area contributed by atoms with Crippen molar-refractivity contribution in [1.82, 2.24) is 4.72 Å². The molecule has 0 radical (unpaired) electrons. The van der Waals surface area contributed by atoms with Crippen LogP contribution in [0.5, 0.6) is 0 Å². The molecule has 1 heterocycles. The lowest BCUT2D eigenvalue weighted by Gasteiger charge is -2.40.